The number of rotatable bonds is 9. The number of oxazole rings is 1. The molecule has 0 unspecified atom stereocenters. The van der Waals surface area contributed by atoms with Gasteiger partial charge >= 0.3 is 0 Å². The number of hydrogen-bond acceptors (Lipinski definition) is 7. The van der Waals surface area contributed by atoms with Crippen molar-refractivity contribution in [1.29, 1.82) is 0 Å². The number of benzene rings is 3. The molecule has 182 valence electrons. The molecule has 0 radical (unpaired) electrons. The van der Waals surface area contributed by atoms with E-state index in [0.717, 1.165) is 50.3 Å². The van der Waals surface area contributed by atoms with Crippen LogP contribution < -0.4 is 14.2 Å². The van der Waals surface area contributed by atoms with Crippen LogP contribution in [0.3, 0.4) is 0 Å². The van der Waals surface area contributed by atoms with Gasteiger partial charge in [-0.25, -0.2) is 4.98 Å². The maximum Gasteiger partial charge on any atom is 0.227 e. The van der Waals surface area contributed by atoms with Crippen LogP contribution in [0.25, 0.3) is 22.6 Å². The first kappa shape index (κ1) is 23.5. The van der Waals surface area contributed by atoms with Gasteiger partial charge in [-0.1, -0.05) is 11.6 Å². The second-order valence-electron chi connectivity index (χ2n) is 8.23. The van der Waals surface area contributed by atoms with E-state index >= 15 is 0 Å². The van der Waals surface area contributed by atoms with E-state index in [9.17, 15) is 0 Å². The lowest BCUT2D eigenvalue weighted by atomic mass is 10.2. The molecule has 0 aliphatic carbocycles. The maximum absolute atomic E-state index is 6.03. The lowest BCUT2D eigenvalue weighted by Crippen LogP contribution is -2.37. The van der Waals surface area contributed by atoms with Crippen LogP contribution in [0.5, 0.6) is 23.0 Å². The molecule has 7 nitrogen and oxygen atoms in total. The smallest absolute Gasteiger partial charge is 0.227 e. The van der Waals surface area contributed by atoms with Gasteiger partial charge < -0.3 is 23.4 Å². The molecule has 0 N–H and O–H groups in total. The summed E-state index contributed by atoms with van der Waals surface area (Å²) in [5.41, 5.74) is 2.18. The van der Waals surface area contributed by atoms with Crippen LogP contribution in [0.4, 0.5) is 0 Å². The molecule has 5 rings (SSSR count). The number of ether oxygens (including phenoxy) is 4. The highest BCUT2D eigenvalue weighted by Crippen LogP contribution is 2.34. The second-order valence-corrected chi connectivity index (χ2v) is 8.66. The van der Waals surface area contributed by atoms with Gasteiger partial charge in [0, 0.05) is 36.3 Å². The van der Waals surface area contributed by atoms with Gasteiger partial charge in [0.1, 0.15) is 17.0 Å². The molecular formula is C27H27ClN2O5. The van der Waals surface area contributed by atoms with Crippen molar-refractivity contribution < 1.29 is 23.4 Å². The highest BCUT2D eigenvalue weighted by atomic mass is 35.5. The van der Waals surface area contributed by atoms with E-state index in [4.69, 9.17) is 35.0 Å². The molecule has 0 bridgehead atoms. The van der Waals surface area contributed by atoms with E-state index in [0.29, 0.717) is 46.1 Å². The number of aromatic nitrogens is 1. The standard InChI is InChI=1S/C27H27ClN2O5/c1-31-26-17-19(3-10-24(26)33-14-2-11-30-12-15-32-16-13-30)27-29-23-9-8-22(18-25(23)35-27)34-21-6-4-20(28)5-7-21/h3-10,17-18H,2,11-16H2,1H3. The fraction of sp³-hybridized carbons (Fsp3) is 0.296. The Kier molecular flexibility index (Phi) is 7.37. The van der Waals surface area contributed by atoms with Crippen molar-refractivity contribution in [2.24, 2.45) is 0 Å². The summed E-state index contributed by atoms with van der Waals surface area (Å²) >= 11 is 5.94. The summed E-state index contributed by atoms with van der Waals surface area (Å²) < 4.78 is 28.9. The van der Waals surface area contributed by atoms with Crippen molar-refractivity contribution in [3.05, 3.63) is 65.7 Å². The Morgan fingerprint density at radius 3 is 2.54 bits per heavy atom. The molecule has 1 aliphatic heterocycles. The third-order valence-corrected chi connectivity index (χ3v) is 6.05. The van der Waals surface area contributed by atoms with Crippen molar-refractivity contribution in [2.75, 3.05) is 46.6 Å². The van der Waals surface area contributed by atoms with Gasteiger partial charge in [0.25, 0.3) is 0 Å². The van der Waals surface area contributed by atoms with Gasteiger partial charge in [0.05, 0.1) is 26.9 Å². The summed E-state index contributed by atoms with van der Waals surface area (Å²) in [4.78, 5) is 7.02. The van der Waals surface area contributed by atoms with Crippen molar-refractivity contribution in [2.45, 2.75) is 6.42 Å². The molecule has 1 aromatic heterocycles. The number of methoxy groups -OCH3 is 1. The fourth-order valence-corrected chi connectivity index (χ4v) is 4.07. The van der Waals surface area contributed by atoms with Gasteiger partial charge in [-0.15, -0.1) is 0 Å². The monoisotopic (exact) mass is 494 g/mol. The van der Waals surface area contributed by atoms with Crippen molar-refractivity contribution in [1.82, 2.24) is 9.88 Å². The SMILES string of the molecule is COc1cc(-c2nc3ccc(Oc4ccc(Cl)cc4)cc3o2)ccc1OCCCN1CCOCC1. The summed E-state index contributed by atoms with van der Waals surface area (Å²) in [6.07, 6.45) is 0.941. The largest absolute Gasteiger partial charge is 0.493 e. The second kappa shape index (κ2) is 11.0. The molecule has 4 aromatic rings. The molecule has 35 heavy (non-hydrogen) atoms. The van der Waals surface area contributed by atoms with E-state index < -0.39 is 0 Å². The average Bonchev–Trinajstić information content (AvgIpc) is 3.32. The molecule has 3 aromatic carbocycles. The van der Waals surface area contributed by atoms with Crippen LogP contribution in [0.15, 0.2) is 65.1 Å². The van der Waals surface area contributed by atoms with Crippen LogP contribution in [-0.2, 0) is 4.74 Å². The Labute approximate surface area is 209 Å². The minimum Gasteiger partial charge on any atom is -0.493 e. The van der Waals surface area contributed by atoms with E-state index in [-0.39, 0.29) is 0 Å². The fourth-order valence-electron chi connectivity index (χ4n) is 3.95. The third kappa shape index (κ3) is 5.88. The topological polar surface area (TPSA) is 66.2 Å². The van der Waals surface area contributed by atoms with Crippen LogP contribution in [0, 0.1) is 0 Å². The predicted molar refractivity (Wildman–Crippen MR) is 135 cm³/mol. The molecule has 2 heterocycles. The molecular weight excluding hydrogens is 468 g/mol. The average molecular weight is 495 g/mol. The Morgan fingerprint density at radius 2 is 1.74 bits per heavy atom. The van der Waals surface area contributed by atoms with Gasteiger partial charge in [-0.2, -0.15) is 0 Å². The lowest BCUT2D eigenvalue weighted by molar-refractivity contribution is 0.0357. The van der Waals surface area contributed by atoms with Crippen LogP contribution in [0.2, 0.25) is 5.02 Å². The van der Waals surface area contributed by atoms with Gasteiger partial charge in [0.15, 0.2) is 17.1 Å². The Hall–Kier alpha value is -3.26. The minimum atomic E-state index is 0.501. The zero-order valence-electron chi connectivity index (χ0n) is 19.5. The minimum absolute atomic E-state index is 0.501. The molecule has 1 saturated heterocycles. The van der Waals surface area contributed by atoms with E-state index in [2.05, 4.69) is 9.88 Å². The van der Waals surface area contributed by atoms with E-state index in [1.54, 1.807) is 19.2 Å². The summed E-state index contributed by atoms with van der Waals surface area (Å²) in [7, 11) is 1.63. The summed E-state index contributed by atoms with van der Waals surface area (Å²) in [6, 6.07) is 18.5. The number of nitrogens with zero attached hydrogens (tertiary/aromatic N) is 2. The lowest BCUT2D eigenvalue weighted by Gasteiger charge is -2.26. The Bertz CT molecular complexity index is 1270. The molecule has 8 heteroatoms. The van der Waals surface area contributed by atoms with Gasteiger partial charge in [-0.05, 0) is 61.0 Å². The van der Waals surface area contributed by atoms with Crippen molar-refractivity contribution >= 4 is 22.7 Å². The van der Waals surface area contributed by atoms with Crippen LogP contribution >= 0.6 is 11.6 Å². The highest BCUT2D eigenvalue weighted by molar-refractivity contribution is 6.30. The maximum atomic E-state index is 6.03. The van der Waals surface area contributed by atoms with Crippen LogP contribution in [-0.4, -0.2) is 56.4 Å². The molecule has 1 aliphatic rings. The van der Waals surface area contributed by atoms with Crippen molar-refractivity contribution in [3.8, 4) is 34.5 Å². The van der Waals surface area contributed by atoms with Crippen LogP contribution in [0.1, 0.15) is 6.42 Å². The summed E-state index contributed by atoms with van der Waals surface area (Å²) in [5.74, 6) is 3.19. The number of hydrogen-bond donors (Lipinski definition) is 0. The summed E-state index contributed by atoms with van der Waals surface area (Å²) in [5, 5.41) is 0.660. The molecule has 0 spiro atoms. The quantitative estimate of drug-likeness (QED) is 0.262. The molecule has 0 amide bonds. The normalized spacial score (nSPS) is 14.2. The van der Waals surface area contributed by atoms with Crippen molar-refractivity contribution in [3.63, 3.8) is 0 Å². The number of fused-ring (bicyclic) bond motifs is 1. The van der Waals surface area contributed by atoms with Gasteiger partial charge in [0.2, 0.25) is 5.89 Å². The van der Waals surface area contributed by atoms with E-state index in [1.165, 1.54) is 0 Å². The number of halogens is 1. The first-order valence-electron chi connectivity index (χ1n) is 11.6. The molecule has 1 fully saturated rings. The predicted octanol–water partition coefficient (Wildman–Crippen LogP) is 6.05. The zero-order valence-corrected chi connectivity index (χ0v) is 20.3. The molecule has 0 saturated carbocycles. The third-order valence-electron chi connectivity index (χ3n) is 5.80. The van der Waals surface area contributed by atoms with E-state index in [1.807, 2.05) is 48.5 Å². The number of morpholine rings is 1. The van der Waals surface area contributed by atoms with Gasteiger partial charge in [-0.3, -0.25) is 4.90 Å². The zero-order chi connectivity index (χ0) is 24.0. The summed E-state index contributed by atoms with van der Waals surface area (Å²) in [6.45, 7) is 5.20. The Balaban J connectivity index is 1.25. The highest BCUT2D eigenvalue weighted by Gasteiger charge is 2.14. The first-order chi connectivity index (χ1) is 17.2. The Morgan fingerprint density at radius 1 is 0.943 bits per heavy atom. The first-order valence-corrected chi connectivity index (χ1v) is 12.0. The molecule has 0 atom stereocenters.